The number of halogens is 1. The first-order valence-corrected chi connectivity index (χ1v) is 9.19. The number of hydrogen-bond acceptors (Lipinski definition) is 3. The summed E-state index contributed by atoms with van der Waals surface area (Å²) in [5.74, 6) is 0.333. The lowest BCUT2D eigenvalue weighted by Gasteiger charge is -2.17. The van der Waals surface area contributed by atoms with Crippen molar-refractivity contribution in [2.75, 3.05) is 13.1 Å². The lowest BCUT2D eigenvalue weighted by atomic mass is 9.98. The Morgan fingerprint density at radius 3 is 2.58 bits per heavy atom. The van der Waals surface area contributed by atoms with E-state index in [2.05, 4.69) is 16.0 Å². The SMILES string of the molecule is Cc1nc2ccc(C(=O)N3CC[C@@H](c4ccccc4Cl)C3)cc2nc1C. The van der Waals surface area contributed by atoms with Crippen molar-refractivity contribution in [2.24, 2.45) is 0 Å². The van der Waals surface area contributed by atoms with Crippen LogP contribution >= 0.6 is 11.6 Å². The molecule has 0 saturated carbocycles. The summed E-state index contributed by atoms with van der Waals surface area (Å²) in [5, 5.41) is 0.777. The van der Waals surface area contributed by atoms with Gasteiger partial charge in [0.15, 0.2) is 0 Å². The van der Waals surface area contributed by atoms with Gasteiger partial charge in [-0.1, -0.05) is 29.8 Å². The first-order chi connectivity index (χ1) is 12.5. The van der Waals surface area contributed by atoms with Crippen molar-refractivity contribution in [3.63, 3.8) is 0 Å². The zero-order chi connectivity index (χ0) is 18.3. The van der Waals surface area contributed by atoms with Crippen molar-refractivity contribution in [1.82, 2.24) is 14.9 Å². The molecule has 1 aromatic heterocycles. The van der Waals surface area contributed by atoms with Gasteiger partial charge in [0.05, 0.1) is 22.4 Å². The summed E-state index contributed by atoms with van der Waals surface area (Å²) in [6.07, 6.45) is 0.932. The number of likely N-dealkylation sites (tertiary alicyclic amines) is 1. The van der Waals surface area contributed by atoms with Gasteiger partial charge in [-0.25, -0.2) is 9.97 Å². The topological polar surface area (TPSA) is 46.1 Å². The standard InChI is InChI=1S/C21H20ClN3O/c1-13-14(2)24-20-11-15(7-8-19(20)23-13)21(26)25-10-9-16(12-25)17-5-3-4-6-18(17)22/h3-8,11,16H,9-10,12H2,1-2H3/t16-/m1/s1. The molecule has 1 fully saturated rings. The van der Waals surface area contributed by atoms with Crippen LogP contribution in [0.4, 0.5) is 0 Å². The van der Waals surface area contributed by atoms with Crippen LogP contribution in [0.5, 0.6) is 0 Å². The number of rotatable bonds is 2. The molecule has 0 spiro atoms. The van der Waals surface area contributed by atoms with Crippen LogP contribution in [0.15, 0.2) is 42.5 Å². The smallest absolute Gasteiger partial charge is 0.253 e. The quantitative estimate of drug-likeness (QED) is 0.670. The van der Waals surface area contributed by atoms with Crippen LogP contribution in [0.3, 0.4) is 0 Å². The van der Waals surface area contributed by atoms with E-state index in [4.69, 9.17) is 11.6 Å². The highest BCUT2D eigenvalue weighted by atomic mass is 35.5. The van der Waals surface area contributed by atoms with E-state index in [0.29, 0.717) is 12.1 Å². The molecule has 0 aliphatic carbocycles. The van der Waals surface area contributed by atoms with Gasteiger partial charge in [0.25, 0.3) is 5.91 Å². The maximum Gasteiger partial charge on any atom is 0.253 e. The van der Waals surface area contributed by atoms with Crippen LogP contribution < -0.4 is 0 Å². The number of fused-ring (bicyclic) bond motifs is 1. The molecular formula is C21H20ClN3O. The molecule has 1 aliphatic heterocycles. The molecule has 0 unspecified atom stereocenters. The highest BCUT2D eigenvalue weighted by Crippen LogP contribution is 2.32. The fraction of sp³-hybridized carbons (Fsp3) is 0.286. The molecule has 0 N–H and O–H groups in total. The minimum atomic E-state index is 0.0430. The highest BCUT2D eigenvalue weighted by Gasteiger charge is 2.29. The van der Waals surface area contributed by atoms with E-state index in [1.807, 2.05) is 55.1 Å². The first kappa shape index (κ1) is 17.0. The summed E-state index contributed by atoms with van der Waals surface area (Å²) in [5.41, 5.74) is 5.18. The summed E-state index contributed by atoms with van der Waals surface area (Å²) in [4.78, 5) is 24.0. The van der Waals surface area contributed by atoms with E-state index in [1.54, 1.807) is 0 Å². The number of amides is 1. The van der Waals surface area contributed by atoms with Crippen molar-refractivity contribution in [3.05, 3.63) is 70.0 Å². The summed E-state index contributed by atoms with van der Waals surface area (Å²) >= 11 is 6.32. The van der Waals surface area contributed by atoms with Crippen LogP contribution in [-0.2, 0) is 0 Å². The molecule has 0 bridgehead atoms. The van der Waals surface area contributed by atoms with E-state index in [1.165, 1.54) is 0 Å². The Balaban J connectivity index is 1.57. The Labute approximate surface area is 157 Å². The molecule has 132 valence electrons. The second kappa shape index (κ2) is 6.69. The molecule has 4 nitrogen and oxygen atoms in total. The minimum Gasteiger partial charge on any atom is -0.338 e. The Bertz CT molecular complexity index is 1000. The summed E-state index contributed by atoms with van der Waals surface area (Å²) in [6.45, 7) is 5.31. The van der Waals surface area contributed by atoms with Crippen molar-refractivity contribution < 1.29 is 4.79 Å². The average Bonchev–Trinajstić information content (AvgIpc) is 3.12. The van der Waals surface area contributed by atoms with Gasteiger partial charge in [-0.3, -0.25) is 4.79 Å². The molecule has 3 aromatic rings. The normalized spacial score (nSPS) is 17.0. The predicted molar refractivity (Wildman–Crippen MR) is 104 cm³/mol. The van der Waals surface area contributed by atoms with Gasteiger partial charge in [0.1, 0.15) is 0 Å². The maximum atomic E-state index is 12.9. The summed E-state index contributed by atoms with van der Waals surface area (Å²) < 4.78 is 0. The van der Waals surface area contributed by atoms with Gasteiger partial charge in [0, 0.05) is 29.6 Å². The van der Waals surface area contributed by atoms with Gasteiger partial charge >= 0.3 is 0 Å². The number of aromatic nitrogens is 2. The Morgan fingerprint density at radius 1 is 1.08 bits per heavy atom. The molecular weight excluding hydrogens is 346 g/mol. The molecule has 1 saturated heterocycles. The number of nitrogens with zero attached hydrogens (tertiary/aromatic N) is 3. The van der Waals surface area contributed by atoms with Crippen molar-refractivity contribution in [2.45, 2.75) is 26.2 Å². The molecule has 2 heterocycles. The Kier molecular flexibility index (Phi) is 4.37. The van der Waals surface area contributed by atoms with Gasteiger partial charge in [-0.15, -0.1) is 0 Å². The van der Waals surface area contributed by atoms with Gasteiger partial charge < -0.3 is 4.90 Å². The fourth-order valence-electron chi connectivity index (χ4n) is 3.55. The highest BCUT2D eigenvalue weighted by molar-refractivity contribution is 6.31. The van der Waals surface area contributed by atoms with Crippen molar-refractivity contribution in [1.29, 1.82) is 0 Å². The van der Waals surface area contributed by atoms with E-state index in [-0.39, 0.29) is 11.8 Å². The second-order valence-electron chi connectivity index (χ2n) is 6.86. The third-order valence-corrected chi connectivity index (χ3v) is 5.49. The molecule has 1 aliphatic rings. The zero-order valence-electron chi connectivity index (χ0n) is 14.9. The molecule has 0 radical (unpaired) electrons. The average molecular weight is 366 g/mol. The molecule has 5 heteroatoms. The van der Waals surface area contributed by atoms with Crippen molar-refractivity contribution in [3.8, 4) is 0 Å². The largest absolute Gasteiger partial charge is 0.338 e. The van der Waals surface area contributed by atoms with Crippen molar-refractivity contribution >= 4 is 28.5 Å². The summed E-state index contributed by atoms with van der Waals surface area (Å²) in [6, 6.07) is 13.5. The van der Waals surface area contributed by atoms with E-state index in [0.717, 1.165) is 46.0 Å². The van der Waals surface area contributed by atoms with E-state index < -0.39 is 0 Å². The molecule has 26 heavy (non-hydrogen) atoms. The number of carbonyl (C=O) groups is 1. The van der Waals surface area contributed by atoms with Crippen LogP contribution in [0.2, 0.25) is 5.02 Å². The minimum absolute atomic E-state index is 0.0430. The fourth-order valence-corrected chi connectivity index (χ4v) is 3.84. The van der Waals surface area contributed by atoms with Gasteiger partial charge in [-0.05, 0) is 50.1 Å². The predicted octanol–water partition coefficient (Wildman–Crippen LogP) is 4.53. The monoisotopic (exact) mass is 365 g/mol. The Morgan fingerprint density at radius 2 is 1.81 bits per heavy atom. The third kappa shape index (κ3) is 3.06. The molecule has 1 amide bonds. The molecule has 4 rings (SSSR count). The zero-order valence-corrected chi connectivity index (χ0v) is 15.6. The first-order valence-electron chi connectivity index (χ1n) is 8.81. The second-order valence-corrected chi connectivity index (χ2v) is 7.26. The van der Waals surface area contributed by atoms with E-state index in [9.17, 15) is 4.79 Å². The van der Waals surface area contributed by atoms with Crippen LogP contribution in [0.25, 0.3) is 11.0 Å². The summed E-state index contributed by atoms with van der Waals surface area (Å²) in [7, 11) is 0. The third-order valence-electron chi connectivity index (χ3n) is 5.14. The number of aryl methyl sites for hydroxylation is 2. The number of hydrogen-bond donors (Lipinski definition) is 0. The van der Waals surface area contributed by atoms with Crippen LogP contribution in [-0.4, -0.2) is 33.9 Å². The number of carbonyl (C=O) groups excluding carboxylic acids is 1. The van der Waals surface area contributed by atoms with Crippen LogP contribution in [0.1, 0.15) is 39.6 Å². The maximum absolute atomic E-state index is 12.9. The van der Waals surface area contributed by atoms with Gasteiger partial charge in [0.2, 0.25) is 0 Å². The van der Waals surface area contributed by atoms with E-state index >= 15 is 0 Å². The molecule has 1 atom stereocenters. The van der Waals surface area contributed by atoms with Crippen LogP contribution in [0, 0.1) is 13.8 Å². The van der Waals surface area contributed by atoms with Gasteiger partial charge in [-0.2, -0.15) is 0 Å². The molecule has 2 aromatic carbocycles. The lowest BCUT2D eigenvalue weighted by molar-refractivity contribution is 0.0791. The Hall–Kier alpha value is -2.46. The lowest BCUT2D eigenvalue weighted by Crippen LogP contribution is -2.28. The number of benzene rings is 2.